The van der Waals surface area contributed by atoms with Gasteiger partial charge in [-0.1, -0.05) is 13.8 Å². The van der Waals surface area contributed by atoms with Gasteiger partial charge in [0.15, 0.2) is 0 Å². The summed E-state index contributed by atoms with van der Waals surface area (Å²) in [6.45, 7) is 5.46. The molecule has 0 spiro atoms. The van der Waals surface area contributed by atoms with Crippen molar-refractivity contribution in [2.75, 3.05) is 11.7 Å². The molecule has 0 bridgehead atoms. The lowest BCUT2D eigenvalue weighted by atomic mass is 10.0. The van der Waals surface area contributed by atoms with E-state index in [0.29, 0.717) is 11.3 Å². The first-order chi connectivity index (χ1) is 11.2. The molecule has 1 aromatic rings. The third-order valence-corrected chi connectivity index (χ3v) is 4.68. The highest BCUT2D eigenvalue weighted by Gasteiger charge is 2.22. The van der Waals surface area contributed by atoms with Gasteiger partial charge in [0.05, 0.1) is 6.61 Å². The van der Waals surface area contributed by atoms with E-state index in [-0.39, 0.29) is 12.5 Å². The molecule has 0 aliphatic rings. The maximum absolute atomic E-state index is 12.2. The van der Waals surface area contributed by atoms with Gasteiger partial charge in [-0.05, 0) is 37.1 Å². The molecule has 0 saturated heterocycles. The lowest BCUT2D eigenvalue weighted by Gasteiger charge is -2.19. The zero-order valence-corrected chi connectivity index (χ0v) is 14.8. The van der Waals surface area contributed by atoms with Crippen molar-refractivity contribution in [1.29, 1.82) is 0 Å². The summed E-state index contributed by atoms with van der Waals surface area (Å²) in [6, 6.07) is 5.38. The molecule has 1 unspecified atom stereocenters. The fraction of sp³-hybridized carbons (Fsp3) is 0.375. The molecule has 7 nitrogen and oxygen atoms in total. The van der Waals surface area contributed by atoms with Crippen molar-refractivity contribution >= 4 is 25.0 Å². The van der Waals surface area contributed by atoms with Gasteiger partial charge >= 0.3 is 7.52 Å². The number of amides is 2. The van der Waals surface area contributed by atoms with Crippen LogP contribution >= 0.6 is 7.52 Å². The second-order valence-corrected chi connectivity index (χ2v) is 7.23. The summed E-state index contributed by atoms with van der Waals surface area (Å²) in [4.78, 5) is 23.5. The number of rotatable bonds is 8. The quantitative estimate of drug-likeness (QED) is 0.491. The number of nitrogens with two attached hydrogens (primary N) is 1. The molecule has 130 valence electrons. The second-order valence-electron chi connectivity index (χ2n) is 5.39. The van der Waals surface area contributed by atoms with E-state index in [1.54, 1.807) is 32.9 Å². The standard InChI is InChI=1S/C16H22N3O4P/c1-5-23-24(22,6-2)19-13-9-7-12(8-10-13)16(21)18-14(11(3)4)15(17)20/h2,7-11,14H,5H2,1,3-4H3,(H2,17,20)(H,18,21)(H,19,22)/t14-,24?/m1/s1. The largest absolute Gasteiger partial charge is 0.368 e. The van der Waals surface area contributed by atoms with E-state index < -0.39 is 25.4 Å². The molecule has 0 radical (unpaired) electrons. The third-order valence-electron chi connectivity index (χ3n) is 3.16. The smallest absolute Gasteiger partial charge is 0.367 e. The number of carbonyl (C=O) groups excluding carboxylic acids is 2. The third kappa shape index (κ3) is 5.41. The van der Waals surface area contributed by atoms with Crippen LogP contribution in [0.4, 0.5) is 5.69 Å². The van der Waals surface area contributed by atoms with Gasteiger partial charge in [-0.3, -0.25) is 14.2 Å². The summed E-state index contributed by atoms with van der Waals surface area (Å²) >= 11 is 0. The van der Waals surface area contributed by atoms with Crippen molar-refractivity contribution in [2.45, 2.75) is 26.8 Å². The van der Waals surface area contributed by atoms with Gasteiger partial charge in [-0.2, -0.15) is 0 Å². The summed E-state index contributed by atoms with van der Waals surface area (Å²) in [7, 11) is -3.39. The number of anilines is 1. The van der Waals surface area contributed by atoms with Crippen LogP contribution in [-0.2, 0) is 13.9 Å². The zero-order chi connectivity index (χ0) is 18.3. The van der Waals surface area contributed by atoms with Gasteiger partial charge in [0, 0.05) is 16.9 Å². The Hall–Kier alpha value is -2.29. The van der Waals surface area contributed by atoms with Gasteiger partial charge in [0.25, 0.3) is 5.91 Å². The fourth-order valence-corrected chi connectivity index (χ4v) is 3.00. The molecule has 24 heavy (non-hydrogen) atoms. The Morgan fingerprint density at radius 2 is 1.92 bits per heavy atom. The highest BCUT2D eigenvalue weighted by atomic mass is 31.2. The summed E-state index contributed by atoms with van der Waals surface area (Å²) < 4.78 is 17.2. The predicted molar refractivity (Wildman–Crippen MR) is 93.4 cm³/mol. The fourth-order valence-electron chi connectivity index (χ4n) is 1.94. The van der Waals surface area contributed by atoms with E-state index in [1.165, 1.54) is 12.1 Å². The van der Waals surface area contributed by atoms with E-state index in [1.807, 2.05) is 0 Å². The molecule has 0 aromatic heterocycles. The Labute approximate surface area is 141 Å². The molecule has 4 N–H and O–H groups in total. The van der Waals surface area contributed by atoms with Crippen LogP contribution in [0.1, 0.15) is 31.1 Å². The summed E-state index contributed by atoms with van der Waals surface area (Å²) in [5.74, 6) is -1.15. The summed E-state index contributed by atoms with van der Waals surface area (Å²) in [6.07, 6.45) is 5.22. The molecule has 0 aliphatic heterocycles. The van der Waals surface area contributed by atoms with Crippen LogP contribution in [0, 0.1) is 18.0 Å². The molecule has 2 amide bonds. The number of primary amides is 1. The minimum atomic E-state index is -3.39. The van der Waals surface area contributed by atoms with E-state index in [9.17, 15) is 14.2 Å². The first-order valence-electron chi connectivity index (χ1n) is 7.43. The van der Waals surface area contributed by atoms with Crippen LogP contribution in [0.3, 0.4) is 0 Å². The molecular weight excluding hydrogens is 329 g/mol. The van der Waals surface area contributed by atoms with E-state index in [4.69, 9.17) is 16.7 Å². The number of carbonyl (C=O) groups is 2. The number of terminal acetylenes is 1. The molecule has 8 heteroatoms. The minimum Gasteiger partial charge on any atom is -0.368 e. The van der Waals surface area contributed by atoms with Crippen LogP contribution in [0.2, 0.25) is 0 Å². The number of hydrogen-bond donors (Lipinski definition) is 3. The molecule has 1 rings (SSSR count). The minimum absolute atomic E-state index is 0.125. The lowest BCUT2D eigenvalue weighted by Crippen LogP contribution is -2.47. The Morgan fingerprint density at radius 3 is 2.33 bits per heavy atom. The summed E-state index contributed by atoms with van der Waals surface area (Å²) in [5.41, 5.74) is 8.17. The Morgan fingerprint density at radius 1 is 1.33 bits per heavy atom. The first kappa shape index (κ1) is 19.8. The highest BCUT2D eigenvalue weighted by molar-refractivity contribution is 7.65. The van der Waals surface area contributed by atoms with Crippen LogP contribution in [0.25, 0.3) is 0 Å². The maximum Gasteiger partial charge on any atom is 0.367 e. The van der Waals surface area contributed by atoms with Crippen LogP contribution in [-0.4, -0.2) is 24.5 Å². The molecule has 0 fully saturated rings. The highest BCUT2D eigenvalue weighted by Crippen LogP contribution is 2.45. The normalized spacial score (nSPS) is 14.3. The first-order valence-corrected chi connectivity index (χ1v) is 9.06. The van der Waals surface area contributed by atoms with Crippen LogP contribution in [0.5, 0.6) is 0 Å². The van der Waals surface area contributed by atoms with Gasteiger partial charge in [0.1, 0.15) is 6.04 Å². The topological polar surface area (TPSA) is 111 Å². The average Bonchev–Trinajstić information content (AvgIpc) is 2.52. The van der Waals surface area contributed by atoms with E-state index in [2.05, 4.69) is 16.1 Å². The monoisotopic (exact) mass is 351 g/mol. The Bertz CT molecular complexity index is 680. The van der Waals surface area contributed by atoms with Crippen LogP contribution in [0.15, 0.2) is 24.3 Å². The van der Waals surface area contributed by atoms with Gasteiger partial charge in [0.2, 0.25) is 5.91 Å². The maximum atomic E-state index is 12.2. The number of hydrogen-bond acceptors (Lipinski definition) is 4. The molecule has 0 saturated carbocycles. The Balaban J connectivity index is 2.84. The molecule has 2 atom stereocenters. The molecule has 0 aliphatic carbocycles. The van der Waals surface area contributed by atoms with Crippen molar-refractivity contribution < 1.29 is 18.7 Å². The van der Waals surface area contributed by atoms with Gasteiger partial charge in [-0.15, -0.1) is 6.42 Å². The SMILES string of the molecule is C#CP(=O)(Nc1ccc(C(=O)N[C@@H](C(N)=O)C(C)C)cc1)OCC. The Kier molecular flexibility index (Phi) is 7.02. The number of nitrogens with one attached hydrogen (secondary N) is 2. The van der Waals surface area contributed by atoms with Crippen molar-refractivity contribution in [3.05, 3.63) is 29.8 Å². The lowest BCUT2D eigenvalue weighted by molar-refractivity contribution is -0.120. The number of benzene rings is 1. The second kappa shape index (κ2) is 8.53. The average molecular weight is 351 g/mol. The van der Waals surface area contributed by atoms with Crippen molar-refractivity contribution in [3.63, 3.8) is 0 Å². The van der Waals surface area contributed by atoms with Gasteiger partial charge < -0.3 is 20.7 Å². The molecular formula is C16H22N3O4P. The molecule has 1 aromatic carbocycles. The summed E-state index contributed by atoms with van der Waals surface area (Å²) in [5, 5.41) is 5.23. The molecule has 0 heterocycles. The van der Waals surface area contributed by atoms with Crippen molar-refractivity contribution in [2.24, 2.45) is 11.7 Å². The van der Waals surface area contributed by atoms with Crippen LogP contribution < -0.4 is 16.1 Å². The van der Waals surface area contributed by atoms with Crippen molar-refractivity contribution in [3.8, 4) is 12.1 Å². The predicted octanol–water partition coefficient (Wildman–Crippen LogP) is 2.16. The van der Waals surface area contributed by atoms with Gasteiger partial charge in [-0.25, -0.2) is 0 Å². The zero-order valence-electron chi connectivity index (χ0n) is 13.9. The van der Waals surface area contributed by atoms with E-state index >= 15 is 0 Å². The van der Waals surface area contributed by atoms with Crippen molar-refractivity contribution in [1.82, 2.24) is 5.32 Å². The van der Waals surface area contributed by atoms with E-state index in [0.717, 1.165) is 0 Å².